The number of sulfonamides is 1. The van der Waals surface area contributed by atoms with Crippen molar-refractivity contribution in [2.45, 2.75) is 43.7 Å². The number of alkyl halides is 1. The first-order valence-corrected chi connectivity index (χ1v) is 9.88. The SMILES string of the molecule is Cc1nnc(-n2c(=O)n(CCF)c3ccc(S(=O)(=O)NC4(C)CC4)cc32)o1. The van der Waals surface area contributed by atoms with Crippen molar-refractivity contribution in [2.24, 2.45) is 0 Å². The highest BCUT2D eigenvalue weighted by molar-refractivity contribution is 7.89. The molecule has 9 nitrogen and oxygen atoms in total. The molecule has 1 aliphatic carbocycles. The van der Waals surface area contributed by atoms with Gasteiger partial charge in [0.25, 0.3) is 0 Å². The molecule has 2 heterocycles. The first-order chi connectivity index (χ1) is 12.7. The van der Waals surface area contributed by atoms with Crippen LogP contribution in [-0.4, -0.2) is 40.0 Å². The van der Waals surface area contributed by atoms with Crippen LogP contribution in [0.25, 0.3) is 17.0 Å². The molecule has 11 heteroatoms. The van der Waals surface area contributed by atoms with Gasteiger partial charge in [-0.25, -0.2) is 26.9 Å². The number of halogens is 1. The number of imidazole rings is 1. The van der Waals surface area contributed by atoms with E-state index in [-0.39, 0.29) is 28.9 Å². The van der Waals surface area contributed by atoms with E-state index in [9.17, 15) is 17.6 Å². The van der Waals surface area contributed by atoms with Gasteiger partial charge in [0.1, 0.15) is 6.67 Å². The van der Waals surface area contributed by atoms with Crippen LogP contribution in [0.3, 0.4) is 0 Å². The van der Waals surface area contributed by atoms with Crippen LogP contribution in [0.2, 0.25) is 0 Å². The molecule has 1 fully saturated rings. The molecule has 27 heavy (non-hydrogen) atoms. The Kier molecular flexibility index (Phi) is 3.96. The lowest BCUT2D eigenvalue weighted by atomic mass is 10.3. The molecule has 3 aromatic rings. The molecular weight excluding hydrogens is 377 g/mol. The summed E-state index contributed by atoms with van der Waals surface area (Å²) in [6.07, 6.45) is 1.54. The van der Waals surface area contributed by atoms with Crippen LogP contribution < -0.4 is 10.4 Å². The van der Waals surface area contributed by atoms with E-state index in [1.54, 1.807) is 6.92 Å². The van der Waals surface area contributed by atoms with E-state index in [0.717, 1.165) is 17.4 Å². The molecule has 1 saturated carbocycles. The van der Waals surface area contributed by atoms with E-state index >= 15 is 0 Å². The molecule has 0 radical (unpaired) electrons. The number of aryl methyl sites for hydroxylation is 2. The monoisotopic (exact) mass is 395 g/mol. The van der Waals surface area contributed by atoms with Crippen LogP contribution >= 0.6 is 0 Å². The van der Waals surface area contributed by atoms with Gasteiger partial charge in [0.05, 0.1) is 22.5 Å². The lowest BCUT2D eigenvalue weighted by molar-refractivity contribution is 0.440. The standard InChI is InChI=1S/C16H18FN5O4S/c1-10-18-19-14(26-10)22-13-9-11(27(24,25)20-16(2)5-6-16)3-4-12(13)21(8-7-17)15(22)23/h3-4,9,20H,5-8H2,1-2H3. The predicted octanol–water partition coefficient (Wildman–Crippen LogP) is 1.28. The molecule has 0 amide bonds. The number of rotatable bonds is 6. The van der Waals surface area contributed by atoms with Crippen LogP contribution in [0.15, 0.2) is 32.3 Å². The second-order valence-corrected chi connectivity index (χ2v) is 8.56. The Morgan fingerprint density at radius 2 is 2.04 bits per heavy atom. The van der Waals surface area contributed by atoms with Gasteiger partial charge in [0.15, 0.2) is 0 Å². The maximum atomic E-state index is 12.9. The van der Waals surface area contributed by atoms with Crippen LogP contribution in [0.5, 0.6) is 0 Å². The van der Waals surface area contributed by atoms with Gasteiger partial charge in [-0.15, -0.1) is 5.10 Å². The van der Waals surface area contributed by atoms with Crippen molar-refractivity contribution in [2.75, 3.05) is 6.67 Å². The molecule has 2 aromatic heterocycles. The van der Waals surface area contributed by atoms with Crippen molar-refractivity contribution in [3.8, 4) is 6.01 Å². The quantitative estimate of drug-likeness (QED) is 0.673. The molecular formula is C16H18FN5O4S. The predicted molar refractivity (Wildman–Crippen MR) is 94.1 cm³/mol. The van der Waals surface area contributed by atoms with Gasteiger partial charge >= 0.3 is 11.7 Å². The summed E-state index contributed by atoms with van der Waals surface area (Å²) >= 11 is 0. The number of benzene rings is 1. The highest BCUT2D eigenvalue weighted by Gasteiger charge is 2.41. The van der Waals surface area contributed by atoms with E-state index in [0.29, 0.717) is 5.52 Å². The minimum atomic E-state index is -3.77. The van der Waals surface area contributed by atoms with Gasteiger partial charge in [-0.05, 0) is 38.0 Å². The fraction of sp³-hybridized carbons (Fsp3) is 0.438. The van der Waals surface area contributed by atoms with Gasteiger partial charge in [-0.2, -0.15) is 0 Å². The number of fused-ring (bicyclic) bond motifs is 1. The van der Waals surface area contributed by atoms with E-state index in [4.69, 9.17) is 4.42 Å². The average Bonchev–Trinajstić information content (AvgIpc) is 3.05. The lowest BCUT2D eigenvalue weighted by Gasteiger charge is -2.12. The summed E-state index contributed by atoms with van der Waals surface area (Å²) in [7, 11) is -3.77. The second-order valence-electron chi connectivity index (χ2n) is 6.88. The number of nitrogens with zero attached hydrogens (tertiary/aromatic N) is 4. The number of aromatic nitrogens is 4. The molecule has 0 spiro atoms. The summed E-state index contributed by atoms with van der Waals surface area (Å²) in [5.41, 5.74) is -0.383. The van der Waals surface area contributed by atoms with E-state index in [1.807, 2.05) is 6.92 Å². The first-order valence-electron chi connectivity index (χ1n) is 8.40. The Labute approximate surface area is 153 Å². The number of hydrogen-bond donors (Lipinski definition) is 1. The highest BCUT2D eigenvalue weighted by Crippen LogP contribution is 2.36. The fourth-order valence-electron chi connectivity index (χ4n) is 2.94. The zero-order valence-corrected chi connectivity index (χ0v) is 15.6. The van der Waals surface area contributed by atoms with E-state index in [2.05, 4.69) is 14.9 Å². The largest absolute Gasteiger partial charge is 0.408 e. The van der Waals surface area contributed by atoms with Crippen molar-refractivity contribution in [1.82, 2.24) is 24.1 Å². The minimum absolute atomic E-state index is 0.00510. The number of hydrogen-bond acceptors (Lipinski definition) is 6. The normalized spacial score (nSPS) is 16.1. The van der Waals surface area contributed by atoms with Crippen LogP contribution in [-0.2, 0) is 16.6 Å². The van der Waals surface area contributed by atoms with Crippen molar-refractivity contribution in [1.29, 1.82) is 0 Å². The molecule has 1 aliphatic rings. The van der Waals surface area contributed by atoms with Gasteiger partial charge in [-0.1, -0.05) is 5.10 Å². The Bertz CT molecular complexity index is 1190. The first kappa shape index (κ1) is 17.9. The van der Waals surface area contributed by atoms with Crippen molar-refractivity contribution < 1.29 is 17.2 Å². The molecule has 0 unspecified atom stereocenters. The Morgan fingerprint density at radius 3 is 2.63 bits per heavy atom. The van der Waals surface area contributed by atoms with Crippen LogP contribution in [0.1, 0.15) is 25.7 Å². The van der Waals surface area contributed by atoms with E-state index < -0.39 is 27.9 Å². The van der Waals surface area contributed by atoms with Gasteiger partial charge in [0, 0.05) is 12.5 Å². The lowest BCUT2D eigenvalue weighted by Crippen LogP contribution is -2.34. The maximum absolute atomic E-state index is 12.9. The molecule has 0 bridgehead atoms. The summed E-state index contributed by atoms with van der Waals surface area (Å²) in [5.74, 6) is 0.246. The zero-order chi connectivity index (χ0) is 19.4. The zero-order valence-electron chi connectivity index (χ0n) is 14.8. The highest BCUT2D eigenvalue weighted by atomic mass is 32.2. The summed E-state index contributed by atoms with van der Waals surface area (Å²) in [6.45, 7) is 2.48. The molecule has 0 saturated heterocycles. The topological polar surface area (TPSA) is 112 Å². The summed E-state index contributed by atoms with van der Waals surface area (Å²) in [5, 5.41) is 7.54. The van der Waals surface area contributed by atoms with Gasteiger partial charge in [-0.3, -0.25) is 4.57 Å². The van der Waals surface area contributed by atoms with Crippen molar-refractivity contribution in [3.63, 3.8) is 0 Å². The van der Waals surface area contributed by atoms with Crippen LogP contribution in [0, 0.1) is 6.92 Å². The maximum Gasteiger partial charge on any atom is 0.337 e. The summed E-state index contributed by atoms with van der Waals surface area (Å²) < 4.78 is 48.6. The molecule has 0 atom stereocenters. The van der Waals surface area contributed by atoms with Crippen molar-refractivity contribution in [3.05, 3.63) is 34.6 Å². The molecule has 1 aromatic carbocycles. The summed E-state index contributed by atoms with van der Waals surface area (Å²) in [6, 6.07) is 4.14. The Hall–Kier alpha value is -2.53. The van der Waals surface area contributed by atoms with Crippen LogP contribution in [0.4, 0.5) is 4.39 Å². The third-order valence-corrected chi connectivity index (χ3v) is 6.24. The molecule has 4 rings (SSSR count). The average molecular weight is 395 g/mol. The Balaban J connectivity index is 1.93. The molecule has 0 aliphatic heterocycles. The minimum Gasteiger partial charge on any atom is -0.408 e. The molecule has 144 valence electrons. The van der Waals surface area contributed by atoms with Crippen molar-refractivity contribution >= 4 is 21.1 Å². The third kappa shape index (κ3) is 3.06. The van der Waals surface area contributed by atoms with E-state index in [1.165, 1.54) is 22.8 Å². The summed E-state index contributed by atoms with van der Waals surface area (Å²) in [4.78, 5) is 12.8. The van der Waals surface area contributed by atoms with Gasteiger partial charge in [0.2, 0.25) is 15.9 Å². The fourth-order valence-corrected chi connectivity index (χ4v) is 4.42. The smallest absolute Gasteiger partial charge is 0.337 e. The molecule has 1 N–H and O–H groups in total. The number of nitrogens with one attached hydrogen (secondary N) is 1. The third-order valence-electron chi connectivity index (χ3n) is 4.61. The van der Waals surface area contributed by atoms with Gasteiger partial charge < -0.3 is 4.42 Å². The Morgan fingerprint density at radius 1 is 1.30 bits per heavy atom. The second kappa shape index (κ2) is 5.99.